The Kier molecular flexibility index (Phi) is 11.5. The van der Waals surface area contributed by atoms with Crippen LogP contribution in [0.4, 0.5) is 0 Å². The molecule has 0 atom stereocenters. The largest absolute Gasteiger partial charge is 0.411 e. The lowest BCUT2D eigenvalue weighted by Gasteiger charge is -2.01. The Labute approximate surface area is 92.2 Å². The molecule has 0 heterocycles. The number of nitrogens with two attached hydrogens (primary N) is 1. The minimum Gasteiger partial charge on any atom is -0.411 e. The van der Waals surface area contributed by atoms with Crippen molar-refractivity contribution in [3.8, 4) is 5.75 Å². The van der Waals surface area contributed by atoms with E-state index in [0.717, 1.165) is 0 Å². The highest BCUT2D eigenvalue weighted by Crippen LogP contribution is 2.16. The first kappa shape index (κ1) is 16.1. The molecule has 1 rings (SSSR count). The molecule has 0 amide bonds. The Morgan fingerprint density at radius 3 is 1.93 bits per heavy atom. The fourth-order valence-electron chi connectivity index (χ4n) is 0.860. The Bertz CT molecular complexity index is 272. The molecule has 0 saturated carbocycles. The molecule has 0 fully saturated rings. The van der Waals surface area contributed by atoms with Crippen LogP contribution in [0.2, 0.25) is 0 Å². The molecule has 0 aliphatic rings. The molecule has 0 radical (unpaired) electrons. The van der Waals surface area contributed by atoms with Gasteiger partial charge >= 0.3 is 0 Å². The number of ketones is 1. The van der Waals surface area contributed by atoms with Gasteiger partial charge in [-0.15, -0.1) is 0 Å². The average molecular weight is 211 g/mol. The van der Waals surface area contributed by atoms with Gasteiger partial charge in [0, 0.05) is 0 Å². The summed E-state index contributed by atoms with van der Waals surface area (Å²) in [6.45, 7) is 9.47. The van der Waals surface area contributed by atoms with Gasteiger partial charge in [-0.25, -0.2) is 0 Å². The second-order valence-electron chi connectivity index (χ2n) is 2.17. The third-order valence-corrected chi connectivity index (χ3v) is 1.39. The molecule has 0 aliphatic heterocycles. The van der Waals surface area contributed by atoms with E-state index in [1.54, 1.807) is 24.3 Å². The summed E-state index contributed by atoms with van der Waals surface area (Å²) in [5.41, 5.74) is 0.509. The van der Waals surface area contributed by atoms with Gasteiger partial charge in [-0.05, 0) is 19.1 Å². The molecule has 0 bridgehead atoms. The van der Waals surface area contributed by atoms with Crippen LogP contribution in [0.1, 0.15) is 45.0 Å². The quantitative estimate of drug-likeness (QED) is 0.603. The number of hydrogen-bond acceptors (Lipinski definition) is 3. The number of Topliss-reactive ketones (excluding diaryl/α,β-unsaturated/α-hetero) is 1. The maximum absolute atomic E-state index is 10.9. The van der Waals surface area contributed by atoms with Crippen molar-refractivity contribution >= 4 is 5.78 Å². The maximum atomic E-state index is 10.9. The van der Waals surface area contributed by atoms with Crippen molar-refractivity contribution in [1.29, 1.82) is 0 Å². The van der Waals surface area contributed by atoms with Crippen LogP contribution in [0.25, 0.3) is 0 Å². The third-order valence-electron chi connectivity index (χ3n) is 1.39. The zero-order chi connectivity index (χ0) is 12.3. The van der Waals surface area contributed by atoms with E-state index in [1.165, 1.54) is 6.92 Å². The van der Waals surface area contributed by atoms with Gasteiger partial charge in [-0.1, -0.05) is 39.8 Å². The smallest absolute Gasteiger partial charge is 0.163 e. The van der Waals surface area contributed by atoms with E-state index in [1.807, 2.05) is 27.7 Å². The second-order valence-corrected chi connectivity index (χ2v) is 2.17. The molecular weight excluding hydrogens is 190 g/mol. The summed E-state index contributed by atoms with van der Waals surface area (Å²) < 4.78 is 0. The highest BCUT2D eigenvalue weighted by atomic mass is 16.6. The van der Waals surface area contributed by atoms with Gasteiger partial charge in [0.25, 0.3) is 0 Å². The van der Waals surface area contributed by atoms with Crippen LogP contribution in [0.5, 0.6) is 5.75 Å². The average Bonchev–Trinajstić information content (AvgIpc) is 2.34. The van der Waals surface area contributed by atoms with Crippen LogP contribution in [0.3, 0.4) is 0 Å². The first-order chi connectivity index (χ1) is 7.25. The normalized spacial score (nSPS) is 7.60. The number of benzene rings is 1. The predicted octanol–water partition coefficient (Wildman–Crippen LogP) is 3.19. The zero-order valence-electron chi connectivity index (χ0n) is 10.2. The molecule has 1 aromatic rings. The number of carbonyl (C=O) groups excluding carboxylic acids is 1. The fraction of sp³-hybridized carbons (Fsp3) is 0.417. The molecule has 1 aromatic carbocycles. The molecule has 0 aliphatic carbocycles. The maximum Gasteiger partial charge on any atom is 0.163 e. The molecule has 0 unspecified atom stereocenters. The first-order valence-corrected chi connectivity index (χ1v) is 5.22. The molecule has 0 spiro atoms. The summed E-state index contributed by atoms with van der Waals surface area (Å²) in [6.07, 6.45) is 0. The first-order valence-electron chi connectivity index (χ1n) is 5.22. The van der Waals surface area contributed by atoms with Crippen LogP contribution in [-0.2, 0) is 0 Å². The van der Waals surface area contributed by atoms with E-state index < -0.39 is 0 Å². The predicted molar refractivity (Wildman–Crippen MR) is 64.0 cm³/mol. The Morgan fingerprint density at radius 2 is 1.60 bits per heavy atom. The summed E-state index contributed by atoms with van der Waals surface area (Å²) in [6, 6.07) is 6.84. The zero-order valence-corrected chi connectivity index (χ0v) is 10.2. The Balaban J connectivity index is 0. The van der Waals surface area contributed by atoms with Gasteiger partial charge in [0.15, 0.2) is 11.5 Å². The summed E-state index contributed by atoms with van der Waals surface area (Å²) >= 11 is 0. The molecule has 0 saturated heterocycles. The Hall–Kier alpha value is -1.35. The van der Waals surface area contributed by atoms with Crippen LogP contribution < -0.4 is 10.7 Å². The number of carbonyl (C=O) groups is 1. The van der Waals surface area contributed by atoms with Crippen LogP contribution in [0, 0.1) is 0 Å². The number of para-hydroxylation sites is 1. The molecule has 3 heteroatoms. The van der Waals surface area contributed by atoms with E-state index in [-0.39, 0.29) is 5.78 Å². The molecule has 2 N–H and O–H groups in total. The van der Waals surface area contributed by atoms with Crippen molar-refractivity contribution in [2.75, 3.05) is 0 Å². The van der Waals surface area contributed by atoms with E-state index in [0.29, 0.717) is 11.3 Å². The number of hydrogen-bond donors (Lipinski definition) is 1. The van der Waals surface area contributed by atoms with E-state index >= 15 is 0 Å². The van der Waals surface area contributed by atoms with Crippen LogP contribution in [0.15, 0.2) is 24.3 Å². The lowest BCUT2D eigenvalue weighted by molar-refractivity contribution is 0.101. The van der Waals surface area contributed by atoms with Gasteiger partial charge in [0.2, 0.25) is 0 Å². The molecule has 86 valence electrons. The van der Waals surface area contributed by atoms with Crippen molar-refractivity contribution in [2.24, 2.45) is 5.90 Å². The Morgan fingerprint density at radius 1 is 1.13 bits per heavy atom. The van der Waals surface area contributed by atoms with Gasteiger partial charge in [0.05, 0.1) is 5.56 Å². The van der Waals surface area contributed by atoms with Gasteiger partial charge in [-0.3, -0.25) is 4.79 Å². The topological polar surface area (TPSA) is 52.3 Å². The van der Waals surface area contributed by atoms with Crippen molar-refractivity contribution in [2.45, 2.75) is 34.6 Å². The minimum absolute atomic E-state index is 0.0500. The third kappa shape index (κ3) is 5.86. The van der Waals surface area contributed by atoms with Crippen LogP contribution >= 0.6 is 0 Å². The molecular formula is C12H21NO2. The lowest BCUT2D eigenvalue weighted by Crippen LogP contribution is -2.06. The fourth-order valence-corrected chi connectivity index (χ4v) is 0.860. The van der Waals surface area contributed by atoms with E-state index in [2.05, 4.69) is 4.84 Å². The minimum atomic E-state index is -0.0500. The standard InChI is InChI=1S/C8H9NO2.2C2H6/c1-6(10)7-4-2-3-5-8(7)11-9;2*1-2/h2-5H,9H2,1H3;2*1-2H3. The van der Waals surface area contributed by atoms with Gasteiger partial charge in [-0.2, -0.15) is 5.90 Å². The van der Waals surface area contributed by atoms with Gasteiger partial charge in [0.1, 0.15) is 0 Å². The van der Waals surface area contributed by atoms with Crippen LogP contribution in [-0.4, -0.2) is 5.78 Å². The summed E-state index contributed by atoms with van der Waals surface area (Å²) in [5, 5.41) is 0. The second kappa shape index (κ2) is 10.7. The van der Waals surface area contributed by atoms with Crippen molar-refractivity contribution in [1.82, 2.24) is 0 Å². The van der Waals surface area contributed by atoms with E-state index in [9.17, 15) is 4.79 Å². The van der Waals surface area contributed by atoms with Crippen molar-refractivity contribution in [3.05, 3.63) is 29.8 Å². The summed E-state index contributed by atoms with van der Waals surface area (Å²) in [7, 11) is 0. The van der Waals surface area contributed by atoms with Crippen molar-refractivity contribution in [3.63, 3.8) is 0 Å². The van der Waals surface area contributed by atoms with Gasteiger partial charge < -0.3 is 4.84 Å². The summed E-state index contributed by atoms with van der Waals surface area (Å²) in [4.78, 5) is 15.4. The highest BCUT2D eigenvalue weighted by molar-refractivity contribution is 5.96. The van der Waals surface area contributed by atoms with Crippen molar-refractivity contribution < 1.29 is 9.63 Å². The lowest BCUT2D eigenvalue weighted by atomic mass is 10.1. The number of rotatable bonds is 2. The molecule has 0 aromatic heterocycles. The SMILES string of the molecule is CC.CC.CC(=O)c1ccccc1ON. The van der Waals surface area contributed by atoms with E-state index in [4.69, 9.17) is 5.90 Å². The summed E-state index contributed by atoms with van der Waals surface area (Å²) in [5.74, 6) is 5.30. The molecule has 3 nitrogen and oxygen atoms in total. The highest BCUT2D eigenvalue weighted by Gasteiger charge is 2.05. The molecule has 15 heavy (non-hydrogen) atoms. The monoisotopic (exact) mass is 211 g/mol.